The largest absolute Gasteiger partial charge is 0.465 e. The normalized spacial score (nSPS) is 11.4. The highest BCUT2D eigenvalue weighted by molar-refractivity contribution is 6.42. The maximum absolute atomic E-state index is 11.6. The fraction of sp³-hybridized carbons (Fsp3) is 0.500. The van der Waals surface area contributed by atoms with Crippen molar-refractivity contribution in [2.75, 3.05) is 35.1 Å². The van der Waals surface area contributed by atoms with E-state index in [1.165, 1.54) is 20.4 Å². The van der Waals surface area contributed by atoms with Gasteiger partial charge in [-0.2, -0.15) is 0 Å². The second-order valence-corrected chi connectivity index (χ2v) is 3.13. The van der Waals surface area contributed by atoms with E-state index >= 15 is 0 Å². The Morgan fingerprint density at radius 1 is 1.29 bits per heavy atom. The van der Waals surface area contributed by atoms with Gasteiger partial charge in [0, 0.05) is 27.4 Å². The van der Waals surface area contributed by atoms with Gasteiger partial charge in [0.2, 0.25) is 12.6 Å². The van der Waals surface area contributed by atoms with E-state index in [0.717, 1.165) is 6.21 Å². The Hall–Kier alpha value is -1.89. The predicted octanol–water partition coefficient (Wildman–Crippen LogP) is -0.220. The SMILES string of the molecule is COCON=CC(=O)C(=CN(C)C)C(=O)OC. The Labute approximate surface area is 99.6 Å². The number of ketones is 1. The average molecular weight is 244 g/mol. The number of oxime groups is 1. The zero-order valence-corrected chi connectivity index (χ0v) is 10.3. The van der Waals surface area contributed by atoms with Crippen LogP contribution in [0.5, 0.6) is 0 Å². The summed E-state index contributed by atoms with van der Waals surface area (Å²) in [6.07, 6.45) is 2.22. The molecule has 0 saturated carbocycles. The van der Waals surface area contributed by atoms with Crippen molar-refractivity contribution in [3.8, 4) is 0 Å². The lowest BCUT2D eigenvalue weighted by Gasteiger charge is -2.07. The molecule has 17 heavy (non-hydrogen) atoms. The third-order valence-electron chi connectivity index (χ3n) is 1.47. The van der Waals surface area contributed by atoms with Crippen LogP contribution in [-0.4, -0.2) is 58.0 Å². The lowest BCUT2D eigenvalue weighted by Crippen LogP contribution is -2.19. The third kappa shape index (κ3) is 6.31. The topological polar surface area (TPSA) is 77.4 Å². The van der Waals surface area contributed by atoms with Gasteiger partial charge >= 0.3 is 5.97 Å². The summed E-state index contributed by atoms with van der Waals surface area (Å²) in [5, 5.41) is 3.34. The molecule has 0 saturated heterocycles. The van der Waals surface area contributed by atoms with E-state index in [1.54, 1.807) is 19.0 Å². The first-order valence-electron chi connectivity index (χ1n) is 4.68. The molecule has 0 bridgehead atoms. The van der Waals surface area contributed by atoms with Crippen molar-refractivity contribution < 1.29 is 23.9 Å². The first-order valence-corrected chi connectivity index (χ1v) is 4.68. The molecule has 96 valence electrons. The van der Waals surface area contributed by atoms with E-state index in [2.05, 4.69) is 19.5 Å². The van der Waals surface area contributed by atoms with Gasteiger partial charge in [-0.15, -0.1) is 0 Å². The lowest BCUT2D eigenvalue weighted by atomic mass is 10.2. The van der Waals surface area contributed by atoms with Gasteiger partial charge in [0.25, 0.3) is 0 Å². The molecule has 0 aliphatic carbocycles. The molecule has 0 aromatic heterocycles. The minimum Gasteiger partial charge on any atom is -0.465 e. The molecule has 0 unspecified atom stereocenters. The average Bonchev–Trinajstić information content (AvgIpc) is 2.30. The van der Waals surface area contributed by atoms with E-state index in [-0.39, 0.29) is 12.4 Å². The maximum atomic E-state index is 11.6. The van der Waals surface area contributed by atoms with Crippen LogP contribution in [0.3, 0.4) is 0 Å². The van der Waals surface area contributed by atoms with Crippen LogP contribution >= 0.6 is 0 Å². The molecule has 0 fully saturated rings. The number of hydrogen-bond donors (Lipinski definition) is 0. The minimum atomic E-state index is -0.734. The van der Waals surface area contributed by atoms with Crippen LogP contribution in [0.15, 0.2) is 16.9 Å². The smallest absolute Gasteiger partial charge is 0.343 e. The van der Waals surface area contributed by atoms with E-state index in [0.29, 0.717) is 0 Å². The number of carbonyl (C=O) groups excluding carboxylic acids is 2. The number of carbonyl (C=O) groups is 2. The highest BCUT2D eigenvalue weighted by Gasteiger charge is 2.17. The van der Waals surface area contributed by atoms with E-state index < -0.39 is 11.8 Å². The number of Topliss-reactive ketones (excluding diaryl/α,β-unsaturated/α-hetero) is 1. The Morgan fingerprint density at radius 2 is 1.94 bits per heavy atom. The Balaban J connectivity index is 4.66. The highest BCUT2D eigenvalue weighted by atomic mass is 16.7. The summed E-state index contributed by atoms with van der Waals surface area (Å²) in [7, 11) is 5.96. The Kier molecular flexibility index (Phi) is 7.36. The molecule has 0 amide bonds. The van der Waals surface area contributed by atoms with Gasteiger partial charge in [-0.25, -0.2) is 4.79 Å². The zero-order valence-electron chi connectivity index (χ0n) is 10.3. The van der Waals surface area contributed by atoms with Crippen LogP contribution in [0.2, 0.25) is 0 Å². The maximum Gasteiger partial charge on any atom is 0.343 e. The van der Waals surface area contributed by atoms with Crippen LogP contribution in [-0.2, 0) is 23.9 Å². The van der Waals surface area contributed by atoms with E-state index in [9.17, 15) is 9.59 Å². The standard InChI is InChI=1S/C10H16N2O5/c1-12(2)6-8(10(14)16-4)9(13)5-11-17-7-15-3/h5-6H,7H2,1-4H3. The van der Waals surface area contributed by atoms with Crippen molar-refractivity contribution >= 4 is 18.0 Å². The molecule has 7 heteroatoms. The molecule has 0 aliphatic heterocycles. The summed E-state index contributed by atoms with van der Waals surface area (Å²) in [5.41, 5.74) is -0.137. The molecule has 0 aliphatic rings. The first kappa shape index (κ1) is 15.1. The Morgan fingerprint density at radius 3 is 2.41 bits per heavy atom. The van der Waals surface area contributed by atoms with Gasteiger partial charge in [-0.1, -0.05) is 5.16 Å². The molecule has 7 nitrogen and oxygen atoms in total. The molecule has 0 aromatic rings. The van der Waals surface area contributed by atoms with Gasteiger partial charge in [0.1, 0.15) is 11.8 Å². The molecule has 0 heterocycles. The van der Waals surface area contributed by atoms with Crippen LogP contribution in [0.1, 0.15) is 0 Å². The van der Waals surface area contributed by atoms with Crippen molar-refractivity contribution in [2.24, 2.45) is 5.16 Å². The number of rotatable bonds is 7. The predicted molar refractivity (Wildman–Crippen MR) is 60.2 cm³/mol. The molecule has 0 rings (SSSR count). The monoisotopic (exact) mass is 244 g/mol. The van der Waals surface area contributed by atoms with E-state index in [4.69, 9.17) is 0 Å². The molecular weight excluding hydrogens is 228 g/mol. The summed E-state index contributed by atoms with van der Waals surface area (Å²) in [5.74, 6) is -1.34. The van der Waals surface area contributed by atoms with Crippen molar-refractivity contribution in [3.05, 3.63) is 11.8 Å². The van der Waals surface area contributed by atoms with Crippen LogP contribution in [0.25, 0.3) is 0 Å². The fourth-order valence-electron chi connectivity index (χ4n) is 0.823. The van der Waals surface area contributed by atoms with Crippen LogP contribution in [0, 0.1) is 0 Å². The summed E-state index contributed by atoms with van der Waals surface area (Å²) < 4.78 is 9.04. The molecule has 0 aromatic carbocycles. The third-order valence-corrected chi connectivity index (χ3v) is 1.47. The van der Waals surface area contributed by atoms with Gasteiger partial charge in [0.05, 0.1) is 7.11 Å². The lowest BCUT2D eigenvalue weighted by molar-refractivity contribution is -0.137. The fourth-order valence-corrected chi connectivity index (χ4v) is 0.823. The summed E-state index contributed by atoms with van der Waals surface area (Å²) >= 11 is 0. The summed E-state index contributed by atoms with van der Waals surface area (Å²) in [6.45, 7) is -0.0747. The Bertz CT molecular complexity index is 323. The molecule has 0 N–H and O–H groups in total. The van der Waals surface area contributed by atoms with E-state index in [1.807, 2.05) is 0 Å². The van der Waals surface area contributed by atoms with Gasteiger partial charge in [0.15, 0.2) is 0 Å². The van der Waals surface area contributed by atoms with Gasteiger partial charge < -0.3 is 19.2 Å². The molecule has 0 spiro atoms. The second kappa shape index (κ2) is 8.28. The van der Waals surface area contributed by atoms with Crippen molar-refractivity contribution in [1.82, 2.24) is 4.90 Å². The summed E-state index contributed by atoms with van der Waals surface area (Å²) in [4.78, 5) is 29.0. The van der Waals surface area contributed by atoms with Crippen LogP contribution in [0.4, 0.5) is 0 Å². The second-order valence-electron chi connectivity index (χ2n) is 3.13. The molecular formula is C10H16N2O5. The number of esters is 1. The number of nitrogens with zero attached hydrogens (tertiary/aromatic N) is 2. The summed E-state index contributed by atoms with van der Waals surface area (Å²) in [6, 6.07) is 0. The zero-order chi connectivity index (χ0) is 13.3. The molecule has 0 atom stereocenters. The number of ether oxygens (including phenoxy) is 2. The van der Waals surface area contributed by atoms with Crippen molar-refractivity contribution in [2.45, 2.75) is 0 Å². The van der Waals surface area contributed by atoms with Crippen LogP contribution < -0.4 is 0 Å². The first-order chi connectivity index (χ1) is 8.02. The van der Waals surface area contributed by atoms with Crippen molar-refractivity contribution in [3.63, 3.8) is 0 Å². The number of methoxy groups -OCH3 is 2. The minimum absolute atomic E-state index is 0.0747. The molecule has 0 radical (unpaired) electrons. The highest BCUT2D eigenvalue weighted by Crippen LogP contribution is 2.00. The van der Waals surface area contributed by atoms with Gasteiger partial charge in [-0.3, -0.25) is 4.79 Å². The number of hydrogen-bond acceptors (Lipinski definition) is 7. The van der Waals surface area contributed by atoms with Crippen molar-refractivity contribution in [1.29, 1.82) is 0 Å². The van der Waals surface area contributed by atoms with Gasteiger partial charge in [-0.05, 0) is 0 Å². The quantitative estimate of drug-likeness (QED) is 0.0900.